The second kappa shape index (κ2) is 15.3. The number of rotatable bonds is 7. The van der Waals surface area contributed by atoms with Crippen LogP contribution in [0.2, 0.25) is 0 Å². The van der Waals surface area contributed by atoms with Gasteiger partial charge in [0.1, 0.15) is 58.1 Å². The summed E-state index contributed by atoms with van der Waals surface area (Å²) in [5.74, 6) is -2.86. The first-order valence-electron chi connectivity index (χ1n) is 19.8. The molecule has 58 heavy (non-hydrogen) atoms. The van der Waals surface area contributed by atoms with E-state index in [1.54, 1.807) is 19.1 Å². The first-order valence-corrected chi connectivity index (χ1v) is 19.8. The number of nitrogens with one attached hydrogen (secondary N) is 2. The first-order chi connectivity index (χ1) is 27.9. The lowest BCUT2D eigenvalue weighted by Gasteiger charge is -2.50. The van der Waals surface area contributed by atoms with Crippen molar-refractivity contribution in [2.75, 3.05) is 19.8 Å². The molecule has 2 aromatic carbocycles. The SMILES string of the molecule is CC=C(CO)C(=O)OC1Cc2c3c(c4oc(CO)cc(=O)c4c2O)C2C4=CCNC(N)=C4C(CCc4ccc(O)cc4C2CO)CC(CC2=CNC(N)C=C2)C1(C)O3. The van der Waals surface area contributed by atoms with Crippen molar-refractivity contribution in [3.63, 3.8) is 0 Å². The molecule has 1 aliphatic carbocycles. The molecule has 4 aliphatic heterocycles. The molecule has 7 unspecified atom stereocenters. The molecule has 7 atom stereocenters. The largest absolute Gasteiger partial charge is 0.508 e. The van der Waals surface area contributed by atoms with Gasteiger partial charge in [0.05, 0.1) is 25.0 Å². The van der Waals surface area contributed by atoms with Gasteiger partial charge in [-0.3, -0.25) is 4.79 Å². The lowest BCUT2D eigenvalue weighted by Crippen LogP contribution is -2.57. The van der Waals surface area contributed by atoms with E-state index in [2.05, 4.69) is 10.6 Å². The van der Waals surface area contributed by atoms with Crippen LogP contribution in [0.15, 0.2) is 92.1 Å². The predicted molar refractivity (Wildman–Crippen MR) is 214 cm³/mol. The number of phenols is 2. The van der Waals surface area contributed by atoms with Crippen molar-refractivity contribution in [2.45, 2.75) is 82.3 Å². The van der Waals surface area contributed by atoms with E-state index < -0.39 is 66.4 Å². The van der Waals surface area contributed by atoms with Gasteiger partial charge in [0.2, 0.25) is 0 Å². The van der Waals surface area contributed by atoms with Gasteiger partial charge in [-0.1, -0.05) is 24.3 Å². The van der Waals surface area contributed by atoms with Crippen molar-refractivity contribution in [1.82, 2.24) is 10.6 Å². The van der Waals surface area contributed by atoms with Crippen LogP contribution in [0.4, 0.5) is 0 Å². The zero-order valence-corrected chi connectivity index (χ0v) is 32.5. The molecule has 14 heteroatoms. The number of hydrogen-bond donors (Lipinski definition) is 9. The summed E-state index contributed by atoms with van der Waals surface area (Å²) in [4.78, 5) is 27.8. The van der Waals surface area contributed by atoms with Crippen LogP contribution in [-0.2, 0) is 29.0 Å². The molecule has 0 saturated heterocycles. The number of dihydropyridines is 2. The highest BCUT2D eigenvalue weighted by molar-refractivity contribution is 5.92. The van der Waals surface area contributed by atoms with Crippen LogP contribution in [0.25, 0.3) is 11.0 Å². The van der Waals surface area contributed by atoms with Gasteiger partial charge in [0, 0.05) is 54.1 Å². The summed E-state index contributed by atoms with van der Waals surface area (Å²) < 4.78 is 20.1. The van der Waals surface area contributed by atoms with E-state index in [1.165, 1.54) is 6.08 Å². The van der Waals surface area contributed by atoms with Gasteiger partial charge in [-0.25, -0.2) is 4.79 Å². The number of carbonyl (C=O) groups excluding carboxylic acids is 1. The second-order valence-electron chi connectivity index (χ2n) is 16.0. The Kier molecular flexibility index (Phi) is 10.4. The molecule has 8 rings (SSSR count). The number of fused-ring (bicyclic) bond motifs is 5. The minimum absolute atomic E-state index is 0.0105. The fraction of sp³-hybridized carbons (Fsp3) is 0.409. The molecule has 5 aliphatic rings. The molecule has 0 saturated carbocycles. The normalized spacial score (nSPS) is 27.7. The molecule has 0 radical (unpaired) electrons. The van der Waals surface area contributed by atoms with Crippen LogP contribution >= 0.6 is 0 Å². The van der Waals surface area contributed by atoms with Crippen LogP contribution in [0.3, 0.4) is 0 Å². The zero-order valence-electron chi connectivity index (χ0n) is 32.5. The number of ether oxygens (including phenoxy) is 2. The number of phenolic OH excluding ortho intramolecular Hbond substituents is 2. The van der Waals surface area contributed by atoms with E-state index >= 15 is 0 Å². The lowest BCUT2D eigenvalue weighted by molar-refractivity contribution is -0.166. The van der Waals surface area contributed by atoms with Crippen LogP contribution < -0.4 is 32.3 Å². The summed E-state index contributed by atoms with van der Waals surface area (Å²) in [5, 5.41) is 61.5. The van der Waals surface area contributed by atoms with Gasteiger partial charge in [-0.2, -0.15) is 0 Å². The lowest BCUT2D eigenvalue weighted by atomic mass is 9.65. The summed E-state index contributed by atoms with van der Waals surface area (Å²) in [6, 6.07) is 6.27. The standard InChI is InChI=1S/C44H50N4O10/c1-3-22(18-49)43(55)57-33-16-30-39(54)37-32(53)15-27(19-50)56-41(37)38-36-28-10-11-47-42(46)35(28)24(6-5-23-7-8-26(52)14-29(23)31(36)20-51)13-25(44(33,2)58-40(30)38)12-21-4-9-34(45)48-17-21/h3-4,7-10,14-15,17,24-25,31,33-34,36,47-52,54H,5-6,11-13,16,18-20,45-46H2,1-2H3. The molecule has 306 valence electrons. The van der Waals surface area contributed by atoms with Crippen molar-refractivity contribution < 1.29 is 44.2 Å². The maximum atomic E-state index is 14.1. The minimum Gasteiger partial charge on any atom is -0.508 e. The topological polar surface area (TPSA) is 243 Å². The molecule has 0 amide bonds. The number of aliphatic hydroxyl groups is 3. The van der Waals surface area contributed by atoms with E-state index in [0.29, 0.717) is 49.2 Å². The summed E-state index contributed by atoms with van der Waals surface area (Å²) in [6.07, 6.45) is 9.70. The zero-order chi connectivity index (χ0) is 41.0. The van der Waals surface area contributed by atoms with Crippen LogP contribution in [-0.4, -0.2) is 69.1 Å². The van der Waals surface area contributed by atoms with Crippen molar-refractivity contribution in [2.24, 2.45) is 23.3 Å². The van der Waals surface area contributed by atoms with Crippen molar-refractivity contribution in [1.29, 1.82) is 0 Å². The average Bonchev–Trinajstić information content (AvgIpc) is 3.25. The third-order valence-electron chi connectivity index (χ3n) is 12.8. The number of allylic oxidation sites excluding steroid dienone is 5. The van der Waals surface area contributed by atoms with E-state index in [9.17, 15) is 35.1 Å². The minimum atomic E-state index is -1.34. The third-order valence-corrected chi connectivity index (χ3v) is 12.8. The van der Waals surface area contributed by atoms with Gasteiger partial charge < -0.3 is 61.5 Å². The third kappa shape index (κ3) is 6.53. The molecule has 11 N–H and O–H groups in total. The van der Waals surface area contributed by atoms with E-state index in [-0.39, 0.29) is 57.9 Å². The van der Waals surface area contributed by atoms with Gasteiger partial charge in [-0.05, 0) is 91.5 Å². The molecule has 14 nitrogen and oxygen atoms in total. The molecule has 5 heterocycles. The summed E-state index contributed by atoms with van der Waals surface area (Å²) in [7, 11) is 0. The molecule has 0 spiro atoms. The Labute approximate surface area is 334 Å². The quantitative estimate of drug-likeness (QED) is 0.123. The molecular formula is C44H50N4O10. The van der Waals surface area contributed by atoms with Crippen molar-refractivity contribution in [3.05, 3.63) is 121 Å². The highest BCUT2D eigenvalue weighted by atomic mass is 16.6. The fourth-order valence-corrected chi connectivity index (χ4v) is 9.82. The molecule has 4 bridgehead atoms. The van der Waals surface area contributed by atoms with Gasteiger partial charge in [0.15, 0.2) is 5.43 Å². The van der Waals surface area contributed by atoms with Gasteiger partial charge >= 0.3 is 5.97 Å². The smallest absolute Gasteiger partial charge is 0.336 e. The number of aliphatic hydroxyl groups excluding tert-OH is 3. The molecular weight excluding hydrogens is 745 g/mol. The maximum Gasteiger partial charge on any atom is 0.336 e. The van der Waals surface area contributed by atoms with Crippen LogP contribution in [0, 0.1) is 11.8 Å². The number of hydrogen-bond acceptors (Lipinski definition) is 14. The number of aryl methyl sites for hydroxylation is 1. The Balaban J connectivity index is 1.51. The Hall–Kier alpha value is -5.54. The van der Waals surface area contributed by atoms with Gasteiger partial charge in [0.25, 0.3) is 0 Å². The molecule has 0 fully saturated rings. The van der Waals surface area contributed by atoms with E-state index in [1.807, 2.05) is 37.4 Å². The monoisotopic (exact) mass is 794 g/mol. The van der Waals surface area contributed by atoms with E-state index in [4.69, 9.17) is 25.4 Å². The highest BCUT2D eigenvalue weighted by Crippen LogP contribution is 2.59. The van der Waals surface area contributed by atoms with Crippen LogP contribution in [0.5, 0.6) is 17.2 Å². The maximum absolute atomic E-state index is 14.1. The Morgan fingerprint density at radius 3 is 2.69 bits per heavy atom. The number of nitrogens with two attached hydrogens (primary N) is 2. The summed E-state index contributed by atoms with van der Waals surface area (Å²) in [5.41, 5.74) is 15.8. The van der Waals surface area contributed by atoms with Crippen molar-refractivity contribution >= 4 is 16.9 Å². The highest BCUT2D eigenvalue weighted by Gasteiger charge is 2.54. The number of esters is 1. The summed E-state index contributed by atoms with van der Waals surface area (Å²) >= 11 is 0. The molecule has 3 aromatic rings. The van der Waals surface area contributed by atoms with E-state index in [0.717, 1.165) is 28.3 Å². The second-order valence-corrected chi connectivity index (χ2v) is 16.0. The number of benzene rings is 2. The Morgan fingerprint density at radius 1 is 1.17 bits per heavy atom. The first kappa shape index (κ1) is 39.3. The van der Waals surface area contributed by atoms with Crippen LogP contribution in [0.1, 0.15) is 73.0 Å². The van der Waals surface area contributed by atoms with Crippen molar-refractivity contribution in [3.8, 4) is 17.2 Å². The fourth-order valence-electron chi connectivity index (χ4n) is 9.82. The Morgan fingerprint density at radius 2 is 1.98 bits per heavy atom. The summed E-state index contributed by atoms with van der Waals surface area (Å²) in [6.45, 7) is 2.27. The molecule has 1 aromatic heterocycles. The number of aromatic hydroxyl groups is 2. The van der Waals surface area contributed by atoms with Gasteiger partial charge in [-0.15, -0.1) is 0 Å². The average molecular weight is 795 g/mol. The predicted octanol–water partition coefficient (Wildman–Crippen LogP) is 3.10. The Bertz CT molecular complexity index is 2390. The number of carbonyl (C=O) groups is 1.